The van der Waals surface area contributed by atoms with E-state index < -0.39 is 30.0 Å². The summed E-state index contributed by atoms with van der Waals surface area (Å²) in [6.45, 7) is 13.8. The summed E-state index contributed by atoms with van der Waals surface area (Å²) in [7, 11) is -0.492. The van der Waals surface area contributed by atoms with Crippen molar-refractivity contribution in [2.45, 2.75) is 77.7 Å². The molecule has 0 bridgehead atoms. The molecule has 3 rings (SSSR count). The van der Waals surface area contributed by atoms with Gasteiger partial charge >= 0.3 is 13.2 Å². The zero-order valence-electron chi connectivity index (χ0n) is 18.4. The Morgan fingerprint density at radius 3 is 2.41 bits per heavy atom. The third kappa shape index (κ3) is 4.75. The molecule has 1 N–H and O–H groups in total. The zero-order chi connectivity index (χ0) is 21.6. The topological polar surface area (TPSA) is 77.1 Å². The highest BCUT2D eigenvalue weighted by molar-refractivity contribution is 6.62. The van der Waals surface area contributed by atoms with Gasteiger partial charge < -0.3 is 24.3 Å². The molecule has 158 valence electrons. The average Bonchev–Trinajstić information content (AvgIpc) is 3.02. The van der Waals surface area contributed by atoms with Gasteiger partial charge in [-0.15, -0.1) is 0 Å². The van der Waals surface area contributed by atoms with Gasteiger partial charge in [-0.25, -0.2) is 4.79 Å². The Bertz CT molecular complexity index is 787. The van der Waals surface area contributed by atoms with Crippen LogP contribution in [0, 0.1) is 0 Å². The average molecular weight is 402 g/mol. The van der Waals surface area contributed by atoms with E-state index in [9.17, 15) is 9.59 Å². The number of nitrogens with one attached hydrogen (secondary N) is 1. The predicted molar refractivity (Wildman–Crippen MR) is 112 cm³/mol. The van der Waals surface area contributed by atoms with Crippen LogP contribution >= 0.6 is 0 Å². The minimum atomic E-state index is -0.580. The maximum Gasteiger partial charge on any atom is 0.494 e. The van der Waals surface area contributed by atoms with Crippen LogP contribution in [0.3, 0.4) is 0 Å². The standard InChI is InChI=1S/C21H31BN2O5/c1-19(2,3)27-18(26)23-15-12-17(25)24(13-15)16-10-8-9-14(11-16)22-28-20(4,5)21(6,7)29-22/h8-11,15H,12-13H2,1-7H3,(H,23,26)/t15-/m0/s1. The molecule has 7 nitrogen and oxygen atoms in total. The van der Waals surface area contributed by atoms with E-state index in [1.807, 2.05) is 52.0 Å². The van der Waals surface area contributed by atoms with Crippen LogP contribution in [0.4, 0.5) is 10.5 Å². The summed E-state index contributed by atoms with van der Waals surface area (Å²) < 4.78 is 17.5. The summed E-state index contributed by atoms with van der Waals surface area (Å²) in [5, 5.41) is 2.78. The Balaban J connectivity index is 1.70. The van der Waals surface area contributed by atoms with E-state index >= 15 is 0 Å². The largest absolute Gasteiger partial charge is 0.494 e. The number of rotatable bonds is 3. The van der Waals surface area contributed by atoms with Crippen LogP contribution in [0.15, 0.2) is 24.3 Å². The number of hydrogen-bond donors (Lipinski definition) is 1. The van der Waals surface area contributed by atoms with E-state index in [0.29, 0.717) is 6.54 Å². The molecule has 2 saturated heterocycles. The number of carbonyl (C=O) groups excluding carboxylic acids is 2. The molecule has 2 aliphatic heterocycles. The molecule has 29 heavy (non-hydrogen) atoms. The third-order valence-corrected chi connectivity index (χ3v) is 5.55. The van der Waals surface area contributed by atoms with Crippen molar-refractivity contribution in [1.29, 1.82) is 0 Å². The molecule has 0 aliphatic carbocycles. The molecule has 2 aliphatic rings. The third-order valence-electron chi connectivity index (χ3n) is 5.55. The van der Waals surface area contributed by atoms with Crippen molar-refractivity contribution in [3.05, 3.63) is 24.3 Å². The molecule has 0 saturated carbocycles. The monoisotopic (exact) mass is 402 g/mol. The van der Waals surface area contributed by atoms with Crippen LogP contribution in [0.25, 0.3) is 0 Å². The van der Waals surface area contributed by atoms with Crippen molar-refractivity contribution in [2.24, 2.45) is 0 Å². The molecule has 2 amide bonds. The minimum Gasteiger partial charge on any atom is -0.444 e. The fourth-order valence-corrected chi connectivity index (χ4v) is 3.35. The first-order chi connectivity index (χ1) is 13.3. The second kappa shape index (κ2) is 7.33. The molecule has 2 fully saturated rings. The van der Waals surface area contributed by atoms with Crippen LogP contribution in [-0.2, 0) is 18.8 Å². The highest BCUT2D eigenvalue weighted by Crippen LogP contribution is 2.36. The predicted octanol–water partition coefficient (Wildman–Crippen LogP) is 2.62. The molecular weight excluding hydrogens is 371 g/mol. The Morgan fingerprint density at radius 2 is 1.83 bits per heavy atom. The van der Waals surface area contributed by atoms with Gasteiger partial charge in [-0.3, -0.25) is 4.79 Å². The Labute approximate surface area is 173 Å². The molecule has 0 spiro atoms. The maximum atomic E-state index is 12.6. The number of alkyl carbamates (subject to hydrolysis) is 1. The van der Waals surface area contributed by atoms with E-state index in [1.165, 1.54) is 0 Å². The second-order valence-electron chi connectivity index (χ2n) is 9.73. The maximum absolute atomic E-state index is 12.6. The number of amides is 2. The van der Waals surface area contributed by atoms with Crippen molar-refractivity contribution < 1.29 is 23.6 Å². The minimum absolute atomic E-state index is 0.0443. The van der Waals surface area contributed by atoms with Crippen molar-refractivity contribution in [3.8, 4) is 0 Å². The van der Waals surface area contributed by atoms with Gasteiger partial charge in [0.25, 0.3) is 0 Å². The first-order valence-corrected chi connectivity index (χ1v) is 10.0. The van der Waals surface area contributed by atoms with E-state index in [4.69, 9.17) is 14.0 Å². The van der Waals surface area contributed by atoms with Crippen molar-refractivity contribution in [3.63, 3.8) is 0 Å². The van der Waals surface area contributed by atoms with E-state index in [0.717, 1.165) is 11.2 Å². The molecule has 0 aromatic heterocycles. The highest BCUT2D eigenvalue weighted by Gasteiger charge is 2.51. The van der Waals surface area contributed by atoms with Crippen LogP contribution in [0.1, 0.15) is 54.9 Å². The molecule has 1 atom stereocenters. The van der Waals surface area contributed by atoms with Gasteiger partial charge in [0.15, 0.2) is 0 Å². The number of nitrogens with zero attached hydrogens (tertiary/aromatic N) is 1. The summed E-state index contributed by atoms with van der Waals surface area (Å²) in [6.07, 6.45) is -0.275. The van der Waals surface area contributed by atoms with Crippen LogP contribution in [0.5, 0.6) is 0 Å². The first kappa shape index (κ1) is 21.6. The summed E-state index contributed by atoms with van der Waals surface area (Å²) in [4.78, 5) is 26.3. The summed E-state index contributed by atoms with van der Waals surface area (Å²) in [5.41, 5.74) is 0.177. The number of hydrogen-bond acceptors (Lipinski definition) is 5. The van der Waals surface area contributed by atoms with Gasteiger partial charge in [-0.1, -0.05) is 12.1 Å². The quantitative estimate of drug-likeness (QED) is 0.787. The van der Waals surface area contributed by atoms with Gasteiger partial charge in [0.1, 0.15) is 5.60 Å². The molecule has 1 aromatic carbocycles. The normalized spacial score (nSPS) is 23.4. The molecule has 0 radical (unpaired) electrons. The summed E-state index contributed by atoms with van der Waals surface area (Å²) in [6, 6.07) is 7.32. The molecule has 8 heteroatoms. The number of carbonyl (C=O) groups is 2. The molecular formula is C21H31BN2O5. The summed E-state index contributed by atoms with van der Waals surface area (Å²) in [5.74, 6) is -0.0443. The number of ether oxygens (including phenoxy) is 1. The summed E-state index contributed by atoms with van der Waals surface area (Å²) >= 11 is 0. The fraction of sp³-hybridized carbons (Fsp3) is 0.619. The number of anilines is 1. The Morgan fingerprint density at radius 1 is 1.21 bits per heavy atom. The smallest absolute Gasteiger partial charge is 0.444 e. The van der Waals surface area contributed by atoms with Crippen LogP contribution in [0.2, 0.25) is 0 Å². The van der Waals surface area contributed by atoms with Gasteiger partial charge in [-0.2, -0.15) is 0 Å². The zero-order valence-corrected chi connectivity index (χ0v) is 18.4. The lowest BCUT2D eigenvalue weighted by atomic mass is 9.79. The van der Waals surface area contributed by atoms with Gasteiger partial charge in [-0.05, 0) is 66.1 Å². The molecule has 0 unspecified atom stereocenters. The Kier molecular flexibility index (Phi) is 5.47. The lowest BCUT2D eigenvalue weighted by Gasteiger charge is -2.32. The molecule has 1 aromatic rings. The first-order valence-electron chi connectivity index (χ1n) is 10.0. The second-order valence-corrected chi connectivity index (χ2v) is 9.73. The SMILES string of the molecule is CC(C)(C)OC(=O)N[C@H]1CC(=O)N(c2cccc(B3OC(C)(C)C(C)(C)O3)c2)C1. The van der Waals surface area contributed by atoms with Gasteiger partial charge in [0, 0.05) is 18.7 Å². The van der Waals surface area contributed by atoms with E-state index in [2.05, 4.69) is 5.32 Å². The van der Waals surface area contributed by atoms with Crippen LogP contribution in [-0.4, -0.2) is 48.5 Å². The fourth-order valence-electron chi connectivity index (χ4n) is 3.35. The van der Waals surface area contributed by atoms with Gasteiger partial charge in [0.05, 0.1) is 17.2 Å². The lowest BCUT2D eigenvalue weighted by molar-refractivity contribution is -0.117. The lowest BCUT2D eigenvalue weighted by Crippen LogP contribution is -2.41. The van der Waals surface area contributed by atoms with Crippen molar-refractivity contribution in [2.75, 3.05) is 11.4 Å². The van der Waals surface area contributed by atoms with Crippen LogP contribution < -0.4 is 15.7 Å². The van der Waals surface area contributed by atoms with E-state index in [-0.39, 0.29) is 18.4 Å². The van der Waals surface area contributed by atoms with Crippen molar-refractivity contribution in [1.82, 2.24) is 5.32 Å². The molecule has 2 heterocycles. The highest BCUT2D eigenvalue weighted by atomic mass is 16.7. The van der Waals surface area contributed by atoms with Crippen molar-refractivity contribution >= 4 is 30.3 Å². The number of benzene rings is 1. The Hall–Kier alpha value is -2.06. The van der Waals surface area contributed by atoms with E-state index in [1.54, 1.807) is 25.7 Å². The van der Waals surface area contributed by atoms with Gasteiger partial charge in [0.2, 0.25) is 5.91 Å².